The maximum absolute atomic E-state index is 12.2. The number of sulfonamides is 1. The molecule has 0 aliphatic heterocycles. The van der Waals surface area contributed by atoms with Crippen LogP contribution in [0, 0.1) is 13.8 Å². The summed E-state index contributed by atoms with van der Waals surface area (Å²) in [6.07, 6.45) is 0. The lowest BCUT2D eigenvalue weighted by atomic mass is 10.3. The minimum atomic E-state index is -3.57. The smallest absolute Gasteiger partial charge is 0.271 e. The molecule has 0 aromatic carbocycles. The highest BCUT2D eigenvalue weighted by Crippen LogP contribution is 2.24. The third-order valence-electron chi connectivity index (χ3n) is 2.66. The highest BCUT2D eigenvalue weighted by atomic mass is 32.2. The first-order chi connectivity index (χ1) is 9.31. The first-order valence-electron chi connectivity index (χ1n) is 5.90. The van der Waals surface area contributed by atoms with Gasteiger partial charge in [-0.05, 0) is 25.3 Å². The summed E-state index contributed by atoms with van der Waals surface area (Å²) in [7, 11) is 0.101. The van der Waals surface area contributed by atoms with Crippen LogP contribution in [-0.2, 0) is 10.0 Å². The van der Waals surface area contributed by atoms with Gasteiger partial charge in [-0.15, -0.1) is 11.3 Å². The number of hydrogen-bond donors (Lipinski definition) is 1. The predicted molar refractivity (Wildman–Crippen MR) is 81.0 cm³/mol. The standard InChI is InChI=1S/C12H16N4O2S2/c1-8-11(9(2)14-12(13-8)16(3)4)15-20(17,18)10-6-5-7-19-10/h5-7,15H,1-4H3. The molecule has 2 aromatic rings. The second kappa shape index (κ2) is 5.37. The molecular formula is C12H16N4O2S2. The van der Waals surface area contributed by atoms with Crippen molar-refractivity contribution in [2.75, 3.05) is 23.7 Å². The number of rotatable bonds is 4. The Kier molecular flexibility index (Phi) is 3.96. The topological polar surface area (TPSA) is 75.2 Å². The Balaban J connectivity index is 2.40. The van der Waals surface area contributed by atoms with E-state index in [9.17, 15) is 8.42 Å². The highest BCUT2D eigenvalue weighted by molar-refractivity contribution is 7.94. The summed E-state index contributed by atoms with van der Waals surface area (Å²) in [5.74, 6) is 0.555. The summed E-state index contributed by atoms with van der Waals surface area (Å²) < 4.78 is 27.3. The average molecular weight is 312 g/mol. The largest absolute Gasteiger partial charge is 0.347 e. The Morgan fingerprint density at radius 3 is 2.25 bits per heavy atom. The molecule has 8 heteroatoms. The molecule has 2 aromatic heterocycles. The average Bonchev–Trinajstić information content (AvgIpc) is 2.88. The Labute approximate surface area is 122 Å². The van der Waals surface area contributed by atoms with E-state index in [1.54, 1.807) is 36.3 Å². The van der Waals surface area contributed by atoms with Crippen LogP contribution in [0.2, 0.25) is 0 Å². The first-order valence-corrected chi connectivity index (χ1v) is 8.26. The van der Waals surface area contributed by atoms with Crippen LogP contribution < -0.4 is 9.62 Å². The van der Waals surface area contributed by atoms with Gasteiger partial charge in [0.25, 0.3) is 10.0 Å². The van der Waals surface area contributed by atoms with E-state index in [0.717, 1.165) is 0 Å². The van der Waals surface area contributed by atoms with E-state index in [4.69, 9.17) is 0 Å². The molecular weight excluding hydrogens is 296 g/mol. The molecule has 0 bridgehead atoms. The number of nitrogens with zero attached hydrogens (tertiary/aromatic N) is 3. The number of hydrogen-bond acceptors (Lipinski definition) is 6. The molecule has 1 N–H and O–H groups in total. The molecule has 2 heterocycles. The zero-order valence-electron chi connectivity index (χ0n) is 11.7. The van der Waals surface area contributed by atoms with Crippen LogP contribution in [0.1, 0.15) is 11.4 Å². The van der Waals surface area contributed by atoms with Crippen molar-refractivity contribution in [3.63, 3.8) is 0 Å². The van der Waals surface area contributed by atoms with E-state index >= 15 is 0 Å². The molecule has 0 spiro atoms. The maximum Gasteiger partial charge on any atom is 0.271 e. The van der Waals surface area contributed by atoms with Crippen LogP contribution in [0.4, 0.5) is 11.6 Å². The fourth-order valence-corrected chi connectivity index (χ4v) is 3.82. The molecule has 0 aliphatic rings. The fourth-order valence-electron chi connectivity index (χ4n) is 1.65. The van der Waals surface area contributed by atoms with E-state index < -0.39 is 10.0 Å². The van der Waals surface area contributed by atoms with Gasteiger partial charge in [-0.25, -0.2) is 18.4 Å². The van der Waals surface area contributed by atoms with Crippen molar-refractivity contribution in [3.05, 3.63) is 28.9 Å². The summed E-state index contributed by atoms with van der Waals surface area (Å²) in [5, 5.41) is 1.72. The quantitative estimate of drug-likeness (QED) is 0.935. The second-order valence-corrected chi connectivity index (χ2v) is 7.36. The second-order valence-electron chi connectivity index (χ2n) is 4.50. The molecule has 0 radical (unpaired) electrons. The molecule has 0 saturated heterocycles. The lowest BCUT2D eigenvalue weighted by Crippen LogP contribution is -2.18. The zero-order valence-corrected chi connectivity index (χ0v) is 13.3. The van der Waals surface area contributed by atoms with Crippen molar-refractivity contribution in [1.29, 1.82) is 0 Å². The fraction of sp³-hybridized carbons (Fsp3) is 0.333. The molecule has 0 saturated carbocycles. The summed E-state index contributed by atoms with van der Waals surface area (Å²) in [4.78, 5) is 10.4. The van der Waals surface area contributed by atoms with Crippen molar-refractivity contribution in [1.82, 2.24) is 9.97 Å². The monoisotopic (exact) mass is 312 g/mol. The van der Waals surface area contributed by atoms with Gasteiger partial charge in [0, 0.05) is 14.1 Å². The SMILES string of the molecule is Cc1nc(N(C)C)nc(C)c1NS(=O)(=O)c1cccs1. The van der Waals surface area contributed by atoms with Crippen LogP contribution in [0.5, 0.6) is 0 Å². The van der Waals surface area contributed by atoms with Crippen molar-refractivity contribution < 1.29 is 8.42 Å². The lowest BCUT2D eigenvalue weighted by Gasteiger charge is -2.16. The predicted octanol–water partition coefficient (Wildman–Crippen LogP) is 2.02. The van der Waals surface area contributed by atoms with Crippen LogP contribution in [0.3, 0.4) is 0 Å². The molecule has 2 rings (SSSR count). The maximum atomic E-state index is 12.2. The molecule has 20 heavy (non-hydrogen) atoms. The van der Waals surface area contributed by atoms with Gasteiger partial charge in [0.15, 0.2) is 0 Å². The molecule has 0 amide bonds. The van der Waals surface area contributed by atoms with Crippen LogP contribution in [0.25, 0.3) is 0 Å². The van der Waals surface area contributed by atoms with Crippen LogP contribution in [0.15, 0.2) is 21.7 Å². The molecule has 0 aliphatic carbocycles. The van der Waals surface area contributed by atoms with Gasteiger partial charge in [-0.2, -0.15) is 0 Å². The van der Waals surface area contributed by atoms with Crippen LogP contribution in [-0.4, -0.2) is 32.5 Å². The van der Waals surface area contributed by atoms with Crippen molar-refractivity contribution in [2.24, 2.45) is 0 Å². The number of nitrogens with one attached hydrogen (secondary N) is 1. The van der Waals surface area contributed by atoms with E-state index in [-0.39, 0.29) is 4.21 Å². The van der Waals surface area contributed by atoms with Gasteiger partial charge < -0.3 is 4.90 Å². The highest BCUT2D eigenvalue weighted by Gasteiger charge is 2.19. The van der Waals surface area contributed by atoms with Gasteiger partial charge >= 0.3 is 0 Å². The molecule has 108 valence electrons. The lowest BCUT2D eigenvalue weighted by molar-refractivity contribution is 0.603. The van der Waals surface area contributed by atoms with Crippen molar-refractivity contribution in [3.8, 4) is 0 Å². The third kappa shape index (κ3) is 2.91. The molecule has 0 atom stereocenters. The number of aromatic nitrogens is 2. The van der Waals surface area contributed by atoms with E-state index in [0.29, 0.717) is 23.0 Å². The number of anilines is 2. The number of aryl methyl sites for hydroxylation is 2. The van der Waals surface area contributed by atoms with Gasteiger partial charge in [0.1, 0.15) is 4.21 Å². The number of thiophene rings is 1. The third-order valence-corrected chi connectivity index (χ3v) is 5.40. The Hall–Kier alpha value is -1.67. The van der Waals surface area contributed by atoms with E-state index in [2.05, 4.69) is 14.7 Å². The zero-order chi connectivity index (χ0) is 14.9. The summed E-state index contributed by atoms with van der Waals surface area (Å²) in [6, 6.07) is 3.26. The van der Waals surface area contributed by atoms with Crippen molar-refractivity contribution in [2.45, 2.75) is 18.1 Å². The summed E-state index contributed by atoms with van der Waals surface area (Å²) >= 11 is 1.17. The Morgan fingerprint density at radius 2 is 1.80 bits per heavy atom. The van der Waals surface area contributed by atoms with E-state index in [1.165, 1.54) is 11.3 Å². The van der Waals surface area contributed by atoms with Gasteiger partial charge in [-0.3, -0.25) is 4.72 Å². The van der Waals surface area contributed by atoms with Gasteiger partial charge in [0.05, 0.1) is 17.1 Å². The Bertz CT molecular complexity index is 686. The molecule has 6 nitrogen and oxygen atoms in total. The summed E-state index contributed by atoms with van der Waals surface area (Å²) in [6.45, 7) is 3.52. The molecule has 0 fully saturated rings. The summed E-state index contributed by atoms with van der Waals surface area (Å²) in [5.41, 5.74) is 1.63. The van der Waals surface area contributed by atoms with Gasteiger partial charge in [0.2, 0.25) is 5.95 Å². The van der Waals surface area contributed by atoms with Gasteiger partial charge in [-0.1, -0.05) is 6.07 Å². The van der Waals surface area contributed by atoms with Crippen molar-refractivity contribution >= 4 is 33.0 Å². The first kappa shape index (κ1) is 14.7. The van der Waals surface area contributed by atoms with Crippen LogP contribution >= 0.6 is 11.3 Å². The normalized spacial score (nSPS) is 11.4. The Morgan fingerprint density at radius 1 is 1.20 bits per heavy atom. The molecule has 0 unspecified atom stereocenters. The van der Waals surface area contributed by atoms with E-state index in [1.807, 2.05) is 14.1 Å². The minimum Gasteiger partial charge on any atom is -0.347 e. The minimum absolute atomic E-state index is 0.271.